The second kappa shape index (κ2) is 8.13. The first-order chi connectivity index (χ1) is 12.2. The van der Waals surface area contributed by atoms with Gasteiger partial charge in [0.1, 0.15) is 11.9 Å². The summed E-state index contributed by atoms with van der Waals surface area (Å²) in [5, 5.41) is 14.1. The molecule has 0 spiro atoms. The molecule has 130 valence electrons. The van der Waals surface area contributed by atoms with Gasteiger partial charge in [-0.1, -0.05) is 18.9 Å². The molecule has 3 rings (SSSR count). The zero-order valence-corrected chi connectivity index (χ0v) is 15.1. The van der Waals surface area contributed by atoms with E-state index >= 15 is 0 Å². The minimum absolute atomic E-state index is 0.000963. The molecule has 2 aromatic heterocycles. The Morgan fingerprint density at radius 3 is 2.84 bits per heavy atom. The van der Waals surface area contributed by atoms with E-state index in [2.05, 4.69) is 21.7 Å². The van der Waals surface area contributed by atoms with Crippen LogP contribution in [0.3, 0.4) is 0 Å². The number of nitrogens with one attached hydrogen (secondary N) is 1. The second-order valence-corrected chi connectivity index (χ2v) is 7.46. The van der Waals surface area contributed by atoms with Gasteiger partial charge in [0.2, 0.25) is 5.91 Å². The van der Waals surface area contributed by atoms with Crippen molar-refractivity contribution in [2.24, 2.45) is 5.92 Å². The zero-order chi connectivity index (χ0) is 17.6. The number of hydrogen-bond acceptors (Lipinski definition) is 5. The number of aromatic nitrogens is 1. The van der Waals surface area contributed by atoms with E-state index in [-0.39, 0.29) is 18.5 Å². The van der Waals surface area contributed by atoms with E-state index < -0.39 is 0 Å². The van der Waals surface area contributed by atoms with E-state index in [0.29, 0.717) is 17.3 Å². The van der Waals surface area contributed by atoms with Crippen LogP contribution < -0.4 is 10.2 Å². The molecule has 0 aromatic carbocycles. The molecule has 5 nitrogen and oxygen atoms in total. The molecule has 0 saturated heterocycles. The Bertz CT molecular complexity index is 730. The molecule has 2 aromatic rings. The van der Waals surface area contributed by atoms with E-state index in [1.807, 2.05) is 19.2 Å². The van der Waals surface area contributed by atoms with Crippen molar-refractivity contribution in [1.82, 2.24) is 10.3 Å². The van der Waals surface area contributed by atoms with Crippen molar-refractivity contribution >= 4 is 23.1 Å². The molecule has 0 radical (unpaired) electrons. The molecule has 2 heterocycles. The number of nitriles is 1. The van der Waals surface area contributed by atoms with Crippen LogP contribution in [0.25, 0.3) is 0 Å². The van der Waals surface area contributed by atoms with Gasteiger partial charge in [0.25, 0.3) is 0 Å². The predicted molar refractivity (Wildman–Crippen MR) is 99.4 cm³/mol. The molecule has 6 heteroatoms. The number of amides is 1. The molecular formula is C19H22N4OS. The second-order valence-electron chi connectivity index (χ2n) is 6.48. The van der Waals surface area contributed by atoms with Gasteiger partial charge in [-0.2, -0.15) is 5.26 Å². The third kappa shape index (κ3) is 4.37. The van der Waals surface area contributed by atoms with Crippen molar-refractivity contribution in [1.29, 1.82) is 5.26 Å². The average molecular weight is 354 g/mol. The minimum atomic E-state index is -0.000963. The van der Waals surface area contributed by atoms with E-state index in [4.69, 9.17) is 5.26 Å². The Hall–Kier alpha value is -2.39. The highest BCUT2D eigenvalue weighted by Gasteiger charge is 2.28. The first kappa shape index (κ1) is 17.4. The third-order valence-electron chi connectivity index (χ3n) is 4.69. The maximum absolute atomic E-state index is 12.6. The quantitative estimate of drug-likeness (QED) is 0.862. The van der Waals surface area contributed by atoms with Crippen LogP contribution in [0.15, 0.2) is 35.8 Å². The van der Waals surface area contributed by atoms with Gasteiger partial charge in [-0.25, -0.2) is 4.98 Å². The van der Waals surface area contributed by atoms with Crippen LogP contribution in [0.4, 0.5) is 5.82 Å². The summed E-state index contributed by atoms with van der Waals surface area (Å²) in [5.74, 6) is 1.21. The van der Waals surface area contributed by atoms with Crippen LogP contribution in [0.5, 0.6) is 0 Å². The van der Waals surface area contributed by atoms with Crippen molar-refractivity contribution in [2.45, 2.75) is 31.7 Å². The van der Waals surface area contributed by atoms with Crippen molar-refractivity contribution in [3.8, 4) is 6.07 Å². The summed E-state index contributed by atoms with van der Waals surface area (Å²) < 4.78 is 0. The summed E-state index contributed by atoms with van der Waals surface area (Å²) in [6.45, 7) is 0.244. The van der Waals surface area contributed by atoms with Crippen molar-refractivity contribution in [3.63, 3.8) is 0 Å². The fourth-order valence-corrected chi connectivity index (χ4v) is 4.24. The number of nitrogens with zero attached hydrogens (tertiary/aromatic N) is 3. The molecule has 0 bridgehead atoms. The number of pyridine rings is 1. The Balaban J connectivity index is 1.63. The normalized spacial score (nSPS) is 15.5. The Morgan fingerprint density at radius 2 is 2.24 bits per heavy atom. The molecule has 1 amide bonds. The first-order valence-electron chi connectivity index (χ1n) is 8.57. The SMILES string of the molecule is CN(CC(=O)N[C@@H](c1cccs1)C1CCCC1)c1ccc(C#N)cn1. The van der Waals surface area contributed by atoms with Gasteiger partial charge in [-0.05, 0) is 42.3 Å². The van der Waals surface area contributed by atoms with Gasteiger partial charge in [0.15, 0.2) is 0 Å². The zero-order valence-electron chi connectivity index (χ0n) is 14.3. The van der Waals surface area contributed by atoms with Gasteiger partial charge >= 0.3 is 0 Å². The fraction of sp³-hybridized carbons (Fsp3) is 0.421. The van der Waals surface area contributed by atoms with Crippen LogP contribution in [-0.2, 0) is 4.79 Å². The Morgan fingerprint density at radius 1 is 1.44 bits per heavy atom. The number of carbonyl (C=O) groups excluding carboxylic acids is 1. The summed E-state index contributed by atoms with van der Waals surface area (Å²) in [7, 11) is 1.84. The lowest BCUT2D eigenvalue weighted by Crippen LogP contribution is -2.39. The van der Waals surface area contributed by atoms with Crippen molar-refractivity contribution < 1.29 is 4.79 Å². The van der Waals surface area contributed by atoms with E-state index in [1.165, 1.54) is 36.8 Å². The van der Waals surface area contributed by atoms with Crippen molar-refractivity contribution in [3.05, 3.63) is 46.3 Å². The predicted octanol–water partition coefficient (Wildman–Crippen LogP) is 3.50. The Kier molecular flexibility index (Phi) is 5.67. The van der Waals surface area contributed by atoms with Crippen molar-refractivity contribution in [2.75, 3.05) is 18.5 Å². The van der Waals surface area contributed by atoms with Gasteiger partial charge in [-0.3, -0.25) is 4.79 Å². The average Bonchev–Trinajstić information content (AvgIpc) is 3.33. The fourth-order valence-electron chi connectivity index (χ4n) is 3.37. The molecule has 1 atom stereocenters. The molecule has 0 aliphatic heterocycles. The number of likely N-dealkylation sites (N-methyl/N-ethyl adjacent to an activating group) is 1. The van der Waals surface area contributed by atoms with Gasteiger partial charge in [0.05, 0.1) is 18.2 Å². The minimum Gasteiger partial charge on any atom is -0.350 e. The monoisotopic (exact) mass is 354 g/mol. The van der Waals surface area contributed by atoms with Crippen LogP contribution in [0.2, 0.25) is 0 Å². The maximum atomic E-state index is 12.6. The summed E-state index contributed by atoms with van der Waals surface area (Å²) in [6, 6.07) is 9.79. The van der Waals surface area contributed by atoms with Crippen LogP contribution >= 0.6 is 11.3 Å². The highest BCUT2D eigenvalue weighted by molar-refractivity contribution is 7.10. The van der Waals surface area contributed by atoms with Crippen LogP contribution in [0, 0.1) is 17.2 Å². The summed E-state index contributed by atoms with van der Waals surface area (Å²) in [4.78, 5) is 19.9. The number of thiophene rings is 1. The topological polar surface area (TPSA) is 69.0 Å². The molecule has 1 saturated carbocycles. The number of anilines is 1. The molecule has 1 aliphatic rings. The van der Waals surface area contributed by atoms with E-state index in [1.54, 1.807) is 28.4 Å². The summed E-state index contributed by atoms with van der Waals surface area (Å²) >= 11 is 1.71. The highest BCUT2D eigenvalue weighted by atomic mass is 32.1. The molecule has 1 aliphatic carbocycles. The van der Waals surface area contributed by atoms with Gasteiger partial charge in [-0.15, -0.1) is 11.3 Å². The number of carbonyl (C=O) groups is 1. The lowest BCUT2D eigenvalue weighted by Gasteiger charge is -2.25. The molecular weight excluding hydrogens is 332 g/mol. The Labute approximate surface area is 152 Å². The number of rotatable bonds is 6. The van der Waals surface area contributed by atoms with Crippen LogP contribution in [0.1, 0.15) is 42.2 Å². The highest BCUT2D eigenvalue weighted by Crippen LogP contribution is 2.37. The van der Waals surface area contributed by atoms with Gasteiger partial charge < -0.3 is 10.2 Å². The largest absolute Gasteiger partial charge is 0.350 e. The molecule has 0 unspecified atom stereocenters. The smallest absolute Gasteiger partial charge is 0.240 e. The lowest BCUT2D eigenvalue weighted by molar-refractivity contribution is -0.120. The van der Waals surface area contributed by atoms with E-state index in [0.717, 1.165) is 0 Å². The third-order valence-corrected chi connectivity index (χ3v) is 5.64. The van der Waals surface area contributed by atoms with E-state index in [9.17, 15) is 4.79 Å². The number of hydrogen-bond donors (Lipinski definition) is 1. The standard InChI is InChI=1S/C19H22N4OS/c1-23(17-9-8-14(11-20)12-21-17)13-18(24)22-19(15-5-2-3-6-15)16-7-4-10-25-16/h4,7-10,12,15,19H,2-3,5-6,13H2,1H3,(H,22,24)/t19-/m1/s1. The molecule has 1 fully saturated rings. The summed E-state index contributed by atoms with van der Waals surface area (Å²) in [5.41, 5.74) is 0.514. The maximum Gasteiger partial charge on any atom is 0.240 e. The van der Waals surface area contributed by atoms with Crippen LogP contribution in [-0.4, -0.2) is 24.5 Å². The molecule has 25 heavy (non-hydrogen) atoms. The molecule has 1 N–H and O–H groups in total. The van der Waals surface area contributed by atoms with Gasteiger partial charge in [0, 0.05) is 18.1 Å². The summed E-state index contributed by atoms with van der Waals surface area (Å²) in [6.07, 6.45) is 6.37. The lowest BCUT2D eigenvalue weighted by atomic mass is 9.96. The first-order valence-corrected chi connectivity index (χ1v) is 9.45.